The van der Waals surface area contributed by atoms with Crippen molar-refractivity contribution in [1.82, 2.24) is 0 Å². The number of aliphatic hydroxyl groups excluding tert-OH is 1. The number of hydrogen-bond donors (Lipinski definition) is 1. The van der Waals surface area contributed by atoms with Crippen molar-refractivity contribution in [1.29, 1.82) is 0 Å². The van der Waals surface area contributed by atoms with Crippen LogP contribution in [0.5, 0.6) is 0 Å². The van der Waals surface area contributed by atoms with E-state index in [4.69, 9.17) is 0 Å². The molecule has 100 valence electrons. The van der Waals surface area contributed by atoms with Crippen LogP contribution >= 0.6 is 0 Å². The summed E-state index contributed by atoms with van der Waals surface area (Å²) in [4.78, 5) is 0. The highest BCUT2D eigenvalue weighted by Crippen LogP contribution is 2.34. The number of aliphatic hydroxyl groups is 1. The van der Waals surface area contributed by atoms with Crippen molar-refractivity contribution in [2.75, 3.05) is 0 Å². The summed E-state index contributed by atoms with van der Waals surface area (Å²) >= 11 is 0. The molecule has 1 nitrogen and oxygen atoms in total. The third-order valence-corrected chi connectivity index (χ3v) is 3.83. The van der Waals surface area contributed by atoms with Gasteiger partial charge in [-0.3, -0.25) is 0 Å². The molecule has 1 heteroatoms. The highest BCUT2D eigenvalue weighted by molar-refractivity contribution is 5.40. The smallest absolute Gasteiger partial charge is 0.0860 e. The van der Waals surface area contributed by atoms with Crippen LogP contribution in [0.3, 0.4) is 0 Å². The Morgan fingerprint density at radius 2 is 1.42 bits per heavy atom. The second kappa shape index (κ2) is 5.58. The summed E-state index contributed by atoms with van der Waals surface area (Å²) in [5.74, 6) is 0.0984. The number of hydrogen-bond acceptors (Lipinski definition) is 1. The molecule has 0 aliphatic heterocycles. The van der Waals surface area contributed by atoms with Gasteiger partial charge in [0.1, 0.15) is 0 Å². The van der Waals surface area contributed by atoms with Crippen LogP contribution in [-0.2, 0) is 0 Å². The quantitative estimate of drug-likeness (QED) is 0.858. The first-order valence-electron chi connectivity index (χ1n) is 6.81. The van der Waals surface area contributed by atoms with Crippen LogP contribution in [0, 0.1) is 20.8 Å². The Balaban J connectivity index is 2.37. The van der Waals surface area contributed by atoms with E-state index >= 15 is 0 Å². The van der Waals surface area contributed by atoms with Crippen molar-refractivity contribution < 1.29 is 5.11 Å². The second-order valence-corrected chi connectivity index (χ2v) is 5.46. The van der Waals surface area contributed by atoms with Gasteiger partial charge in [0.15, 0.2) is 0 Å². The van der Waals surface area contributed by atoms with Crippen molar-refractivity contribution in [3.63, 3.8) is 0 Å². The lowest BCUT2D eigenvalue weighted by Gasteiger charge is -2.23. The summed E-state index contributed by atoms with van der Waals surface area (Å²) in [6.45, 7) is 8.34. The minimum atomic E-state index is -0.456. The third-order valence-electron chi connectivity index (χ3n) is 3.83. The zero-order valence-electron chi connectivity index (χ0n) is 12.1. The van der Waals surface area contributed by atoms with E-state index in [0.29, 0.717) is 0 Å². The monoisotopic (exact) mass is 254 g/mol. The van der Waals surface area contributed by atoms with E-state index in [2.05, 4.69) is 52.0 Å². The molecule has 2 unspecified atom stereocenters. The molecule has 0 aromatic heterocycles. The van der Waals surface area contributed by atoms with Gasteiger partial charge >= 0.3 is 0 Å². The fourth-order valence-electron chi connectivity index (χ4n) is 2.85. The fourth-order valence-corrected chi connectivity index (χ4v) is 2.85. The maximum absolute atomic E-state index is 10.7. The Morgan fingerprint density at radius 3 is 1.95 bits per heavy atom. The van der Waals surface area contributed by atoms with E-state index in [1.165, 1.54) is 22.3 Å². The predicted octanol–water partition coefficient (Wildman–Crippen LogP) is 4.45. The normalized spacial score (nSPS) is 14.2. The van der Waals surface area contributed by atoms with Crippen LogP contribution < -0.4 is 0 Å². The zero-order valence-corrected chi connectivity index (χ0v) is 12.1. The first-order chi connectivity index (χ1) is 9.00. The molecular weight excluding hydrogens is 232 g/mol. The largest absolute Gasteiger partial charge is 0.388 e. The average molecular weight is 254 g/mol. The van der Waals surface area contributed by atoms with Crippen molar-refractivity contribution in [2.24, 2.45) is 0 Å². The minimum absolute atomic E-state index is 0.0984. The molecule has 1 N–H and O–H groups in total. The number of benzene rings is 2. The molecule has 0 saturated heterocycles. The van der Waals surface area contributed by atoms with Gasteiger partial charge in [0.25, 0.3) is 0 Å². The summed E-state index contributed by atoms with van der Waals surface area (Å²) in [5.41, 5.74) is 5.84. The molecule has 0 saturated carbocycles. The molecule has 0 fully saturated rings. The van der Waals surface area contributed by atoms with Crippen molar-refractivity contribution in [3.8, 4) is 0 Å². The molecule has 2 aromatic carbocycles. The van der Waals surface area contributed by atoms with Gasteiger partial charge in [-0.05, 0) is 43.0 Å². The third kappa shape index (κ3) is 2.87. The molecule has 19 heavy (non-hydrogen) atoms. The maximum atomic E-state index is 10.7. The van der Waals surface area contributed by atoms with Gasteiger partial charge in [0.2, 0.25) is 0 Å². The first-order valence-corrected chi connectivity index (χ1v) is 6.81. The van der Waals surface area contributed by atoms with Crippen LogP contribution in [0.1, 0.15) is 46.8 Å². The first kappa shape index (κ1) is 13.8. The Kier molecular flexibility index (Phi) is 4.06. The molecule has 0 radical (unpaired) electrons. The van der Waals surface area contributed by atoms with Crippen LogP contribution in [-0.4, -0.2) is 5.11 Å². The van der Waals surface area contributed by atoms with Crippen LogP contribution in [0.15, 0.2) is 42.5 Å². The Hall–Kier alpha value is -1.60. The molecule has 2 rings (SSSR count). The summed E-state index contributed by atoms with van der Waals surface area (Å²) < 4.78 is 0. The summed E-state index contributed by atoms with van der Waals surface area (Å²) in [6.07, 6.45) is -0.456. The summed E-state index contributed by atoms with van der Waals surface area (Å²) in [7, 11) is 0. The van der Waals surface area contributed by atoms with E-state index in [-0.39, 0.29) is 5.92 Å². The topological polar surface area (TPSA) is 20.2 Å². The molecule has 2 aromatic rings. The van der Waals surface area contributed by atoms with Gasteiger partial charge in [-0.2, -0.15) is 0 Å². The predicted molar refractivity (Wildman–Crippen MR) is 80.5 cm³/mol. The van der Waals surface area contributed by atoms with E-state index in [1.54, 1.807) is 0 Å². The zero-order chi connectivity index (χ0) is 14.0. The molecule has 2 atom stereocenters. The SMILES string of the molecule is Cc1cc(C)c(C(O)C(C)c2ccccc2)c(C)c1. The van der Waals surface area contributed by atoms with Crippen LogP contribution in [0.2, 0.25) is 0 Å². The minimum Gasteiger partial charge on any atom is -0.388 e. The maximum Gasteiger partial charge on any atom is 0.0860 e. The van der Waals surface area contributed by atoms with Crippen molar-refractivity contribution in [2.45, 2.75) is 39.7 Å². The van der Waals surface area contributed by atoms with Gasteiger partial charge in [-0.15, -0.1) is 0 Å². The average Bonchev–Trinajstić information content (AvgIpc) is 2.37. The van der Waals surface area contributed by atoms with Gasteiger partial charge in [-0.1, -0.05) is 55.0 Å². The fraction of sp³-hybridized carbons (Fsp3) is 0.333. The van der Waals surface area contributed by atoms with Crippen molar-refractivity contribution in [3.05, 3.63) is 70.3 Å². The Morgan fingerprint density at radius 1 is 0.895 bits per heavy atom. The lowest BCUT2D eigenvalue weighted by atomic mass is 9.86. The highest BCUT2D eigenvalue weighted by Gasteiger charge is 2.21. The summed E-state index contributed by atoms with van der Waals surface area (Å²) in [5, 5.41) is 10.7. The molecule has 0 amide bonds. The van der Waals surface area contributed by atoms with Crippen LogP contribution in [0.25, 0.3) is 0 Å². The van der Waals surface area contributed by atoms with Crippen molar-refractivity contribution >= 4 is 0 Å². The van der Waals surface area contributed by atoms with E-state index < -0.39 is 6.10 Å². The van der Waals surface area contributed by atoms with Gasteiger partial charge < -0.3 is 5.11 Å². The molecule has 0 heterocycles. The molecule has 0 bridgehead atoms. The standard InChI is InChI=1S/C18H22O/c1-12-10-13(2)17(14(3)11-12)18(19)15(4)16-8-6-5-7-9-16/h5-11,15,18-19H,1-4H3. The van der Waals surface area contributed by atoms with Gasteiger partial charge in [-0.25, -0.2) is 0 Å². The Labute approximate surface area is 115 Å². The molecule has 0 aliphatic rings. The Bertz CT molecular complexity index is 534. The molecular formula is C18H22O. The van der Waals surface area contributed by atoms with E-state index in [1.807, 2.05) is 18.2 Å². The van der Waals surface area contributed by atoms with Gasteiger partial charge in [0.05, 0.1) is 6.10 Å². The molecule has 0 aliphatic carbocycles. The second-order valence-electron chi connectivity index (χ2n) is 5.46. The van der Waals surface area contributed by atoms with E-state index in [0.717, 1.165) is 5.56 Å². The van der Waals surface area contributed by atoms with Gasteiger partial charge in [0, 0.05) is 5.92 Å². The summed E-state index contributed by atoms with van der Waals surface area (Å²) in [6, 6.07) is 14.5. The van der Waals surface area contributed by atoms with Crippen LogP contribution in [0.4, 0.5) is 0 Å². The molecule has 0 spiro atoms. The number of rotatable bonds is 3. The highest BCUT2D eigenvalue weighted by atomic mass is 16.3. The van der Waals surface area contributed by atoms with E-state index in [9.17, 15) is 5.11 Å². The number of aryl methyl sites for hydroxylation is 3. The lowest BCUT2D eigenvalue weighted by molar-refractivity contribution is 0.150. The lowest BCUT2D eigenvalue weighted by Crippen LogP contribution is -2.11.